The second kappa shape index (κ2) is 5.89. The average Bonchev–Trinajstić information content (AvgIpc) is 2.65. The average molecular weight is 314 g/mol. The van der Waals surface area contributed by atoms with E-state index in [1.54, 1.807) is 14.2 Å². The first-order valence-corrected chi connectivity index (χ1v) is 7.94. The summed E-state index contributed by atoms with van der Waals surface area (Å²) in [7, 11) is 3.38. The molecule has 0 spiro atoms. The summed E-state index contributed by atoms with van der Waals surface area (Å²) in [4.78, 5) is 0. The van der Waals surface area contributed by atoms with Crippen molar-refractivity contribution in [2.75, 3.05) is 14.2 Å². The Hall–Kier alpha value is -3.00. The molecule has 2 heteroatoms. The molecule has 0 aromatic heterocycles. The topological polar surface area (TPSA) is 18.5 Å². The van der Waals surface area contributed by atoms with E-state index in [-0.39, 0.29) is 0 Å². The third kappa shape index (κ3) is 2.37. The molecule has 0 amide bonds. The molecule has 0 radical (unpaired) electrons. The monoisotopic (exact) mass is 314 g/mol. The van der Waals surface area contributed by atoms with Crippen molar-refractivity contribution >= 4 is 21.5 Å². The molecular weight excluding hydrogens is 296 g/mol. The van der Waals surface area contributed by atoms with E-state index < -0.39 is 0 Å². The molecule has 2 nitrogen and oxygen atoms in total. The summed E-state index contributed by atoms with van der Waals surface area (Å²) in [6, 6.07) is 25.2. The minimum absolute atomic E-state index is 0.823. The van der Waals surface area contributed by atoms with E-state index in [0.717, 1.165) is 22.6 Å². The highest BCUT2D eigenvalue weighted by Gasteiger charge is 2.11. The molecule has 0 aliphatic rings. The molecule has 0 fully saturated rings. The van der Waals surface area contributed by atoms with Crippen molar-refractivity contribution in [2.45, 2.75) is 0 Å². The van der Waals surface area contributed by atoms with Crippen LogP contribution in [0.2, 0.25) is 0 Å². The number of fused-ring (bicyclic) bond motifs is 2. The van der Waals surface area contributed by atoms with Gasteiger partial charge in [-0.3, -0.25) is 0 Å². The Morgan fingerprint density at radius 1 is 0.583 bits per heavy atom. The summed E-state index contributed by atoms with van der Waals surface area (Å²) >= 11 is 0. The number of hydrogen-bond acceptors (Lipinski definition) is 2. The standard InChI is InChI=1S/C22H18O2/c1-23-18-10-11-22(24-2)21(14-18)19-9-5-8-17-12-15-6-3-4-7-16(15)13-20(17)19/h3-14H,1-2H3. The van der Waals surface area contributed by atoms with Crippen LogP contribution in [0.3, 0.4) is 0 Å². The Morgan fingerprint density at radius 2 is 1.33 bits per heavy atom. The summed E-state index contributed by atoms with van der Waals surface area (Å²) in [6.07, 6.45) is 0. The first kappa shape index (κ1) is 14.6. The van der Waals surface area contributed by atoms with Crippen molar-refractivity contribution in [3.63, 3.8) is 0 Å². The fourth-order valence-electron chi connectivity index (χ4n) is 3.23. The molecule has 24 heavy (non-hydrogen) atoms. The van der Waals surface area contributed by atoms with Crippen LogP contribution < -0.4 is 9.47 Å². The van der Waals surface area contributed by atoms with Gasteiger partial charge in [-0.15, -0.1) is 0 Å². The molecule has 0 heterocycles. The Morgan fingerprint density at radius 3 is 2.08 bits per heavy atom. The van der Waals surface area contributed by atoms with Crippen molar-refractivity contribution < 1.29 is 9.47 Å². The molecule has 0 atom stereocenters. The maximum Gasteiger partial charge on any atom is 0.126 e. The summed E-state index contributed by atoms with van der Waals surface area (Å²) in [6.45, 7) is 0. The summed E-state index contributed by atoms with van der Waals surface area (Å²) in [5, 5.41) is 4.91. The van der Waals surface area contributed by atoms with E-state index in [0.29, 0.717) is 0 Å². The van der Waals surface area contributed by atoms with E-state index in [1.165, 1.54) is 21.5 Å². The number of hydrogen-bond donors (Lipinski definition) is 0. The first-order valence-electron chi connectivity index (χ1n) is 7.94. The maximum absolute atomic E-state index is 5.58. The lowest BCUT2D eigenvalue weighted by Crippen LogP contribution is -1.91. The van der Waals surface area contributed by atoms with Crippen LogP contribution in [0.1, 0.15) is 0 Å². The van der Waals surface area contributed by atoms with Gasteiger partial charge in [-0.25, -0.2) is 0 Å². The van der Waals surface area contributed by atoms with Gasteiger partial charge in [0.05, 0.1) is 14.2 Å². The highest BCUT2D eigenvalue weighted by Crippen LogP contribution is 2.38. The minimum Gasteiger partial charge on any atom is -0.497 e. The second-order valence-corrected chi connectivity index (χ2v) is 5.79. The summed E-state index contributed by atoms with van der Waals surface area (Å²) < 4.78 is 11.0. The van der Waals surface area contributed by atoms with Gasteiger partial charge in [0.25, 0.3) is 0 Å². The van der Waals surface area contributed by atoms with Gasteiger partial charge in [0.1, 0.15) is 11.5 Å². The second-order valence-electron chi connectivity index (χ2n) is 5.79. The zero-order chi connectivity index (χ0) is 16.5. The van der Waals surface area contributed by atoms with Crippen LogP contribution in [0.15, 0.2) is 72.8 Å². The third-order valence-electron chi connectivity index (χ3n) is 4.44. The molecule has 0 bridgehead atoms. The lowest BCUT2D eigenvalue weighted by atomic mass is 9.95. The molecule has 0 N–H and O–H groups in total. The van der Waals surface area contributed by atoms with Gasteiger partial charge < -0.3 is 9.47 Å². The number of rotatable bonds is 3. The zero-order valence-electron chi connectivity index (χ0n) is 13.7. The zero-order valence-corrected chi connectivity index (χ0v) is 13.7. The van der Waals surface area contributed by atoms with Crippen molar-refractivity contribution in [1.82, 2.24) is 0 Å². The number of ether oxygens (including phenoxy) is 2. The fraction of sp³-hybridized carbons (Fsp3) is 0.0909. The largest absolute Gasteiger partial charge is 0.497 e. The van der Waals surface area contributed by atoms with E-state index in [4.69, 9.17) is 9.47 Å². The third-order valence-corrected chi connectivity index (χ3v) is 4.44. The predicted molar refractivity (Wildman–Crippen MR) is 100.0 cm³/mol. The fourth-order valence-corrected chi connectivity index (χ4v) is 3.23. The van der Waals surface area contributed by atoms with Gasteiger partial charge in [0.2, 0.25) is 0 Å². The van der Waals surface area contributed by atoms with Crippen LogP contribution in [0.5, 0.6) is 11.5 Å². The van der Waals surface area contributed by atoms with Crippen molar-refractivity contribution in [2.24, 2.45) is 0 Å². The van der Waals surface area contributed by atoms with E-state index in [1.807, 2.05) is 18.2 Å². The van der Waals surface area contributed by atoms with Crippen molar-refractivity contribution in [1.29, 1.82) is 0 Å². The van der Waals surface area contributed by atoms with Crippen molar-refractivity contribution in [3.05, 3.63) is 72.8 Å². The predicted octanol–water partition coefficient (Wildman–Crippen LogP) is 5.68. The molecule has 0 aliphatic heterocycles. The first-order chi connectivity index (χ1) is 11.8. The highest BCUT2D eigenvalue weighted by atomic mass is 16.5. The van der Waals surface area contributed by atoms with E-state index >= 15 is 0 Å². The lowest BCUT2D eigenvalue weighted by Gasteiger charge is -2.13. The van der Waals surface area contributed by atoms with Crippen molar-refractivity contribution in [3.8, 4) is 22.6 Å². The molecule has 4 aromatic carbocycles. The van der Waals surface area contributed by atoms with Crippen LogP contribution in [0, 0.1) is 0 Å². The van der Waals surface area contributed by atoms with Crippen LogP contribution in [0.25, 0.3) is 32.7 Å². The molecular formula is C22H18O2. The molecule has 0 saturated carbocycles. The quantitative estimate of drug-likeness (QED) is 0.453. The van der Waals surface area contributed by atoms with Crippen LogP contribution >= 0.6 is 0 Å². The van der Waals surface area contributed by atoms with Gasteiger partial charge in [-0.2, -0.15) is 0 Å². The summed E-state index contributed by atoms with van der Waals surface area (Å²) in [5.74, 6) is 1.67. The normalized spacial score (nSPS) is 10.9. The van der Waals surface area contributed by atoms with Gasteiger partial charge in [0, 0.05) is 5.56 Å². The Kier molecular flexibility index (Phi) is 3.58. The molecule has 118 valence electrons. The molecule has 0 unspecified atom stereocenters. The van der Waals surface area contributed by atoms with Crippen LogP contribution in [-0.2, 0) is 0 Å². The lowest BCUT2D eigenvalue weighted by molar-refractivity contribution is 0.404. The van der Waals surface area contributed by atoms with Gasteiger partial charge in [0.15, 0.2) is 0 Å². The summed E-state index contributed by atoms with van der Waals surface area (Å²) in [5.41, 5.74) is 2.19. The number of benzene rings is 4. The maximum atomic E-state index is 5.58. The smallest absolute Gasteiger partial charge is 0.126 e. The van der Waals surface area contributed by atoms with Gasteiger partial charge in [-0.1, -0.05) is 42.5 Å². The van der Waals surface area contributed by atoms with Gasteiger partial charge in [-0.05, 0) is 57.4 Å². The molecule has 0 saturated heterocycles. The Labute approximate surface area is 141 Å². The Bertz CT molecular complexity index is 1030. The van der Waals surface area contributed by atoms with E-state index in [9.17, 15) is 0 Å². The SMILES string of the molecule is COc1ccc(OC)c(-c2cccc3cc4ccccc4cc23)c1. The highest BCUT2D eigenvalue weighted by molar-refractivity contribution is 6.05. The van der Waals surface area contributed by atoms with Gasteiger partial charge >= 0.3 is 0 Å². The molecule has 4 rings (SSSR count). The molecule has 0 aliphatic carbocycles. The number of methoxy groups -OCH3 is 2. The molecule has 4 aromatic rings. The van der Waals surface area contributed by atoms with Crippen LogP contribution in [0.4, 0.5) is 0 Å². The van der Waals surface area contributed by atoms with E-state index in [2.05, 4.69) is 54.6 Å². The Balaban J connectivity index is 2.05. The minimum atomic E-state index is 0.823. The van der Waals surface area contributed by atoms with Crippen LogP contribution in [-0.4, -0.2) is 14.2 Å².